The van der Waals surface area contributed by atoms with E-state index in [2.05, 4.69) is 19.6 Å². The summed E-state index contributed by atoms with van der Waals surface area (Å²) >= 11 is 0. The van der Waals surface area contributed by atoms with Crippen LogP contribution in [0.3, 0.4) is 0 Å². The van der Waals surface area contributed by atoms with Gasteiger partial charge in [-0.3, -0.25) is 10.1 Å². The summed E-state index contributed by atoms with van der Waals surface area (Å²) in [6, 6.07) is 5.62. The Hall–Kier alpha value is -2.09. The number of carbonyl (C=O) groups excluding carboxylic acids is 1. The first-order valence-corrected chi connectivity index (χ1v) is 12.5. The van der Waals surface area contributed by atoms with Crippen molar-refractivity contribution in [2.24, 2.45) is 0 Å². The number of carbonyl (C=O) groups is 1. The van der Waals surface area contributed by atoms with Crippen molar-refractivity contribution in [3.8, 4) is 5.75 Å². The lowest BCUT2D eigenvalue weighted by Gasteiger charge is -2.39. The number of hydrogen-bond acceptors (Lipinski definition) is 5. The van der Waals surface area contributed by atoms with E-state index in [1.54, 1.807) is 17.0 Å². The van der Waals surface area contributed by atoms with Crippen LogP contribution in [0.15, 0.2) is 18.2 Å². The number of hydrogen-bond donors (Lipinski definition) is 0. The average molecular weight is 381 g/mol. The molecule has 0 aliphatic carbocycles. The molecule has 0 unspecified atom stereocenters. The summed E-state index contributed by atoms with van der Waals surface area (Å²) in [4.78, 5) is 24.5. The summed E-state index contributed by atoms with van der Waals surface area (Å²) in [7, 11) is -1.51. The van der Waals surface area contributed by atoms with Gasteiger partial charge in [0.25, 0.3) is 5.69 Å². The molecule has 0 saturated carbocycles. The van der Waals surface area contributed by atoms with Crippen LogP contribution in [0.25, 0.3) is 0 Å². The van der Waals surface area contributed by atoms with Gasteiger partial charge < -0.3 is 14.4 Å². The minimum absolute atomic E-state index is 0.122. The number of nitro groups is 1. The van der Waals surface area contributed by atoms with E-state index in [1.807, 2.05) is 20.8 Å². The van der Waals surface area contributed by atoms with E-state index >= 15 is 0 Å². The predicted molar refractivity (Wildman–Crippen MR) is 102 cm³/mol. The lowest BCUT2D eigenvalue weighted by Crippen LogP contribution is -2.57. The third-order valence-corrected chi connectivity index (χ3v) is 5.21. The second-order valence-corrected chi connectivity index (χ2v) is 14.4. The van der Waals surface area contributed by atoms with Crippen molar-refractivity contribution in [3.05, 3.63) is 33.9 Å². The Morgan fingerprint density at radius 2 is 1.92 bits per heavy atom. The SMILES string of the molecule is CC(C)(C)OC(=O)N1CC(Oc2ccc([N+](=O)[O-])c(C[Si](C)(C)C)c2)C1. The molecule has 1 aliphatic rings. The van der Waals surface area contributed by atoms with Crippen molar-refractivity contribution in [3.63, 3.8) is 0 Å². The van der Waals surface area contributed by atoms with Gasteiger partial charge in [0.05, 0.1) is 18.0 Å². The fourth-order valence-corrected chi connectivity index (χ4v) is 4.13. The molecule has 1 saturated heterocycles. The summed E-state index contributed by atoms with van der Waals surface area (Å²) in [5.74, 6) is 0.609. The van der Waals surface area contributed by atoms with Crippen LogP contribution in [0, 0.1) is 10.1 Å². The van der Waals surface area contributed by atoms with E-state index < -0.39 is 13.7 Å². The minimum Gasteiger partial charge on any atom is -0.487 e. The fraction of sp³-hybridized carbons (Fsp3) is 0.611. The maximum absolute atomic E-state index is 11.9. The molecule has 0 atom stereocenters. The zero-order valence-corrected chi connectivity index (χ0v) is 17.4. The molecule has 144 valence electrons. The van der Waals surface area contributed by atoms with Crippen molar-refractivity contribution in [2.45, 2.75) is 58.2 Å². The molecule has 0 spiro atoms. The monoisotopic (exact) mass is 380 g/mol. The van der Waals surface area contributed by atoms with Crippen LogP contribution in [-0.4, -0.2) is 48.8 Å². The highest BCUT2D eigenvalue weighted by Gasteiger charge is 2.35. The number of benzene rings is 1. The highest BCUT2D eigenvalue weighted by molar-refractivity contribution is 6.75. The molecule has 0 aromatic heterocycles. The van der Waals surface area contributed by atoms with E-state index in [9.17, 15) is 14.9 Å². The number of likely N-dealkylation sites (tertiary alicyclic amines) is 1. The van der Waals surface area contributed by atoms with E-state index in [0.717, 1.165) is 11.6 Å². The number of ether oxygens (including phenoxy) is 2. The molecular formula is C18H28N2O5Si. The summed E-state index contributed by atoms with van der Waals surface area (Å²) in [6.45, 7) is 12.9. The topological polar surface area (TPSA) is 81.9 Å². The summed E-state index contributed by atoms with van der Waals surface area (Å²) in [5.41, 5.74) is 0.339. The number of amides is 1. The van der Waals surface area contributed by atoms with Crippen LogP contribution in [0.5, 0.6) is 5.75 Å². The first-order chi connectivity index (χ1) is 11.8. The normalized spacial score (nSPS) is 15.4. The quantitative estimate of drug-likeness (QED) is 0.438. The summed E-state index contributed by atoms with van der Waals surface area (Å²) in [5, 5.41) is 11.3. The first-order valence-electron chi connectivity index (χ1n) is 8.76. The molecule has 1 aliphatic heterocycles. The molecule has 1 aromatic rings. The van der Waals surface area contributed by atoms with Gasteiger partial charge in [-0.1, -0.05) is 19.6 Å². The van der Waals surface area contributed by atoms with Crippen molar-refractivity contribution >= 4 is 19.9 Å². The van der Waals surface area contributed by atoms with Crippen molar-refractivity contribution in [2.75, 3.05) is 13.1 Å². The number of rotatable bonds is 5. The number of nitro benzene ring substituents is 1. The Balaban J connectivity index is 2.00. The molecule has 0 radical (unpaired) electrons. The Labute approximate surface area is 155 Å². The third-order valence-electron chi connectivity index (χ3n) is 3.77. The van der Waals surface area contributed by atoms with Crippen LogP contribution >= 0.6 is 0 Å². The summed E-state index contributed by atoms with van der Waals surface area (Å²) < 4.78 is 11.2. The smallest absolute Gasteiger partial charge is 0.410 e. The molecular weight excluding hydrogens is 352 g/mol. The molecule has 26 heavy (non-hydrogen) atoms. The van der Waals surface area contributed by atoms with Gasteiger partial charge >= 0.3 is 6.09 Å². The molecule has 7 nitrogen and oxygen atoms in total. The molecule has 1 fully saturated rings. The van der Waals surface area contributed by atoms with Crippen molar-refractivity contribution in [1.82, 2.24) is 4.90 Å². The standard InChI is InChI=1S/C18H28N2O5Si/c1-18(2,3)25-17(21)19-10-15(11-19)24-14-7-8-16(20(22)23)13(9-14)12-26(4,5)6/h7-9,15H,10-12H2,1-6H3. The third kappa shape index (κ3) is 5.72. The Morgan fingerprint density at radius 1 is 1.31 bits per heavy atom. The van der Waals surface area contributed by atoms with Crippen LogP contribution in [0.4, 0.5) is 10.5 Å². The zero-order chi connectivity index (χ0) is 19.7. The average Bonchev–Trinajstić information content (AvgIpc) is 2.38. The van der Waals surface area contributed by atoms with Crippen LogP contribution in [-0.2, 0) is 10.8 Å². The largest absolute Gasteiger partial charge is 0.487 e. The van der Waals surface area contributed by atoms with Crippen molar-refractivity contribution in [1.29, 1.82) is 0 Å². The van der Waals surface area contributed by atoms with Crippen LogP contribution in [0.2, 0.25) is 19.6 Å². The minimum atomic E-state index is -1.51. The maximum atomic E-state index is 11.9. The summed E-state index contributed by atoms with van der Waals surface area (Å²) in [6.07, 6.45) is -0.468. The maximum Gasteiger partial charge on any atom is 0.410 e. The van der Waals surface area contributed by atoms with E-state index in [4.69, 9.17) is 9.47 Å². The van der Waals surface area contributed by atoms with Crippen LogP contribution in [0.1, 0.15) is 26.3 Å². The van der Waals surface area contributed by atoms with Gasteiger partial charge in [-0.15, -0.1) is 0 Å². The van der Waals surface area contributed by atoms with Gasteiger partial charge in [0.15, 0.2) is 0 Å². The Morgan fingerprint density at radius 3 is 2.42 bits per heavy atom. The van der Waals surface area contributed by atoms with E-state index in [-0.39, 0.29) is 22.8 Å². The molecule has 1 amide bonds. The van der Waals surface area contributed by atoms with Crippen molar-refractivity contribution < 1.29 is 19.2 Å². The van der Waals surface area contributed by atoms with Crippen LogP contribution < -0.4 is 4.74 Å². The van der Waals surface area contributed by atoms with Gasteiger partial charge in [-0.05, 0) is 38.9 Å². The van der Waals surface area contributed by atoms with Gasteiger partial charge in [0.2, 0.25) is 0 Å². The second kappa shape index (κ2) is 7.26. The van der Waals surface area contributed by atoms with Gasteiger partial charge in [0.1, 0.15) is 17.5 Å². The molecule has 2 rings (SSSR count). The van der Waals surface area contributed by atoms with E-state index in [1.165, 1.54) is 6.07 Å². The number of nitrogens with zero attached hydrogens (tertiary/aromatic N) is 2. The highest BCUT2D eigenvalue weighted by atomic mass is 28.3. The first kappa shape index (κ1) is 20.2. The molecule has 0 bridgehead atoms. The van der Waals surface area contributed by atoms with Gasteiger partial charge in [-0.25, -0.2) is 4.79 Å². The second-order valence-electron chi connectivity index (χ2n) is 8.91. The van der Waals surface area contributed by atoms with E-state index in [0.29, 0.717) is 18.8 Å². The Kier molecular flexibility index (Phi) is 5.65. The molecule has 1 heterocycles. The molecule has 8 heteroatoms. The lowest BCUT2D eigenvalue weighted by molar-refractivity contribution is -0.385. The Bertz CT molecular complexity index is 688. The lowest BCUT2D eigenvalue weighted by atomic mass is 10.1. The van der Waals surface area contributed by atoms with Gasteiger partial charge in [-0.2, -0.15) is 0 Å². The predicted octanol–water partition coefficient (Wildman–Crippen LogP) is 4.01. The molecule has 1 aromatic carbocycles. The highest BCUT2D eigenvalue weighted by Crippen LogP contribution is 2.29. The fourth-order valence-electron chi connectivity index (χ4n) is 2.71. The zero-order valence-electron chi connectivity index (χ0n) is 16.4. The molecule has 0 N–H and O–H groups in total. The van der Waals surface area contributed by atoms with Gasteiger partial charge in [0, 0.05) is 19.7 Å².